The van der Waals surface area contributed by atoms with E-state index in [1.54, 1.807) is 13.2 Å². The molecule has 0 bridgehead atoms. The first kappa shape index (κ1) is 12.3. The summed E-state index contributed by atoms with van der Waals surface area (Å²) in [6, 6.07) is 4.01. The average molecular weight is 274 g/mol. The van der Waals surface area contributed by atoms with Gasteiger partial charge in [0.05, 0.1) is 7.11 Å². The highest BCUT2D eigenvalue weighted by atomic mass is 79.9. The Balaban J connectivity index is 2.91. The minimum atomic E-state index is 0.203. The van der Waals surface area contributed by atoms with Gasteiger partial charge in [-0.3, -0.25) is 0 Å². The van der Waals surface area contributed by atoms with Crippen LogP contribution in [-0.4, -0.2) is 18.3 Å². The normalized spacial score (nSPS) is 10.7. The number of rotatable bonds is 4. The molecule has 84 valence electrons. The van der Waals surface area contributed by atoms with Crippen molar-refractivity contribution in [2.75, 3.05) is 7.11 Å². The van der Waals surface area contributed by atoms with Crippen LogP contribution in [0.2, 0.25) is 0 Å². The minimum Gasteiger partial charge on any atom is -0.504 e. The predicted molar refractivity (Wildman–Crippen MR) is 64.3 cm³/mol. The molecule has 0 aliphatic carbocycles. The number of halogens is 1. The van der Waals surface area contributed by atoms with E-state index in [4.69, 9.17) is 4.74 Å². The molecule has 0 aliphatic heterocycles. The van der Waals surface area contributed by atoms with Crippen LogP contribution in [0.15, 0.2) is 16.6 Å². The van der Waals surface area contributed by atoms with Gasteiger partial charge in [0.1, 0.15) is 0 Å². The van der Waals surface area contributed by atoms with Crippen molar-refractivity contribution in [2.45, 2.75) is 26.4 Å². The lowest BCUT2D eigenvalue weighted by Crippen LogP contribution is -2.21. The van der Waals surface area contributed by atoms with Crippen LogP contribution in [0.3, 0.4) is 0 Å². The van der Waals surface area contributed by atoms with Gasteiger partial charge in [-0.05, 0) is 12.1 Å². The maximum atomic E-state index is 9.84. The monoisotopic (exact) mass is 273 g/mol. The van der Waals surface area contributed by atoms with E-state index in [1.165, 1.54) is 0 Å². The molecule has 0 saturated carbocycles. The Labute approximate surface area is 98.6 Å². The van der Waals surface area contributed by atoms with Crippen LogP contribution in [0.25, 0.3) is 0 Å². The first-order valence-corrected chi connectivity index (χ1v) is 5.62. The molecule has 2 N–H and O–H groups in total. The highest BCUT2D eigenvalue weighted by molar-refractivity contribution is 9.10. The number of ether oxygens (including phenoxy) is 1. The molecule has 1 rings (SSSR count). The van der Waals surface area contributed by atoms with Crippen LogP contribution in [0.4, 0.5) is 0 Å². The number of aromatic hydroxyl groups is 1. The standard InChI is InChI=1S/C11H16BrNO2/c1-7(2)13-6-8-4-9(12)5-10(15-3)11(8)14/h4-5,7,13-14H,6H2,1-3H3. The average Bonchev–Trinajstić information content (AvgIpc) is 2.18. The number of benzene rings is 1. The molecule has 0 aliphatic rings. The Kier molecular flexibility index (Phi) is 4.42. The molecule has 0 radical (unpaired) electrons. The zero-order chi connectivity index (χ0) is 11.4. The molecule has 0 amide bonds. The molecular weight excluding hydrogens is 258 g/mol. The quantitative estimate of drug-likeness (QED) is 0.887. The van der Waals surface area contributed by atoms with Gasteiger partial charge in [0.15, 0.2) is 11.5 Å². The molecule has 4 heteroatoms. The lowest BCUT2D eigenvalue weighted by atomic mass is 10.2. The summed E-state index contributed by atoms with van der Waals surface area (Å²) in [5.74, 6) is 0.693. The second kappa shape index (κ2) is 5.37. The van der Waals surface area contributed by atoms with Crippen molar-refractivity contribution in [1.82, 2.24) is 5.32 Å². The Morgan fingerprint density at radius 1 is 1.47 bits per heavy atom. The van der Waals surface area contributed by atoms with Crippen molar-refractivity contribution >= 4 is 15.9 Å². The zero-order valence-electron chi connectivity index (χ0n) is 9.17. The fourth-order valence-corrected chi connectivity index (χ4v) is 1.72. The number of nitrogens with one attached hydrogen (secondary N) is 1. The summed E-state index contributed by atoms with van der Waals surface area (Å²) in [6.45, 7) is 4.75. The Morgan fingerprint density at radius 3 is 2.67 bits per heavy atom. The van der Waals surface area contributed by atoms with Gasteiger partial charge in [0.25, 0.3) is 0 Å². The topological polar surface area (TPSA) is 41.5 Å². The van der Waals surface area contributed by atoms with Crippen molar-refractivity contribution in [3.63, 3.8) is 0 Å². The number of phenolic OH excluding ortho intramolecular Hbond substituents is 1. The van der Waals surface area contributed by atoms with E-state index in [0.717, 1.165) is 10.0 Å². The number of hydrogen-bond donors (Lipinski definition) is 2. The maximum Gasteiger partial charge on any atom is 0.162 e. The Hall–Kier alpha value is -0.740. The van der Waals surface area contributed by atoms with Gasteiger partial charge in [-0.1, -0.05) is 29.8 Å². The molecule has 0 atom stereocenters. The van der Waals surface area contributed by atoms with E-state index < -0.39 is 0 Å². The van der Waals surface area contributed by atoms with Crippen LogP contribution < -0.4 is 10.1 Å². The molecule has 1 aromatic carbocycles. The molecule has 0 unspecified atom stereocenters. The zero-order valence-corrected chi connectivity index (χ0v) is 10.8. The molecule has 0 heterocycles. The van der Waals surface area contributed by atoms with Crippen molar-refractivity contribution < 1.29 is 9.84 Å². The summed E-state index contributed by atoms with van der Waals surface area (Å²) < 4.78 is 5.97. The third-order valence-electron chi connectivity index (χ3n) is 2.04. The molecule has 15 heavy (non-hydrogen) atoms. The van der Waals surface area contributed by atoms with E-state index in [0.29, 0.717) is 18.3 Å². The number of methoxy groups -OCH3 is 1. The van der Waals surface area contributed by atoms with Gasteiger partial charge in [0.2, 0.25) is 0 Å². The van der Waals surface area contributed by atoms with Crippen LogP contribution in [0.1, 0.15) is 19.4 Å². The third kappa shape index (κ3) is 3.39. The van der Waals surface area contributed by atoms with Crippen molar-refractivity contribution in [1.29, 1.82) is 0 Å². The summed E-state index contributed by atoms with van der Waals surface area (Å²) >= 11 is 3.38. The fraction of sp³-hybridized carbons (Fsp3) is 0.455. The van der Waals surface area contributed by atoms with Crippen molar-refractivity contribution in [3.05, 3.63) is 22.2 Å². The summed E-state index contributed by atoms with van der Waals surface area (Å²) in [7, 11) is 1.54. The van der Waals surface area contributed by atoms with E-state index in [9.17, 15) is 5.11 Å². The van der Waals surface area contributed by atoms with Crippen LogP contribution in [0, 0.1) is 0 Å². The van der Waals surface area contributed by atoms with Gasteiger partial charge in [0, 0.05) is 22.6 Å². The number of hydrogen-bond acceptors (Lipinski definition) is 3. The minimum absolute atomic E-state index is 0.203. The highest BCUT2D eigenvalue weighted by Gasteiger charge is 2.09. The molecule has 3 nitrogen and oxygen atoms in total. The summed E-state index contributed by atoms with van der Waals surface area (Å²) in [5.41, 5.74) is 0.829. The number of phenols is 1. The Morgan fingerprint density at radius 2 is 2.13 bits per heavy atom. The van der Waals surface area contributed by atoms with E-state index in [1.807, 2.05) is 6.07 Å². The van der Waals surface area contributed by atoms with Gasteiger partial charge in [-0.15, -0.1) is 0 Å². The summed E-state index contributed by atoms with van der Waals surface area (Å²) in [6.07, 6.45) is 0. The van der Waals surface area contributed by atoms with Crippen molar-refractivity contribution in [3.8, 4) is 11.5 Å². The lowest BCUT2D eigenvalue weighted by molar-refractivity contribution is 0.369. The SMILES string of the molecule is COc1cc(Br)cc(CNC(C)C)c1O. The lowest BCUT2D eigenvalue weighted by Gasteiger charge is -2.12. The molecule has 0 aromatic heterocycles. The summed E-state index contributed by atoms with van der Waals surface area (Å²) in [4.78, 5) is 0. The molecule has 0 spiro atoms. The third-order valence-corrected chi connectivity index (χ3v) is 2.50. The highest BCUT2D eigenvalue weighted by Crippen LogP contribution is 2.33. The smallest absolute Gasteiger partial charge is 0.162 e. The van der Waals surface area contributed by atoms with E-state index in [2.05, 4.69) is 35.1 Å². The van der Waals surface area contributed by atoms with Gasteiger partial charge in [-0.25, -0.2) is 0 Å². The largest absolute Gasteiger partial charge is 0.504 e. The fourth-order valence-electron chi connectivity index (χ4n) is 1.23. The van der Waals surface area contributed by atoms with E-state index in [-0.39, 0.29) is 5.75 Å². The maximum absolute atomic E-state index is 9.84. The van der Waals surface area contributed by atoms with Crippen molar-refractivity contribution in [2.24, 2.45) is 0 Å². The van der Waals surface area contributed by atoms with Crippen LogP contribution in [0.5, 0.6) is 11.5 Å². The van der Waals surface area contributed by atoms with Gasteiger partial charge in [-0.2, -0.15) is 0 Å². The first-order valence-electron chi connectivity index (χ1n) is 4.83. The van der Waals surface area contributed by atoms with E-state index >= 15 is 0 Å². The second-order valence-corrected chi connectivity index (χ2v) is 4.57. The molecular formula is C11H16BrNO2. The molecule has 0 fully saturated rings. The molecule has 0 saturated heterocycles. The predicted octanol–water partition coefficient (Wildman–Crippen LogP) is 2.66. The Bertz CT molecular complexity index is 340. The van der Waals surface area contributed by atoms with Crippen LogP contribution in [-0.2, 0) is 6.54 Å². The first-order chi connectivity index (χ1) is 7.04. The summed E-state index contributed by atoms with van der Waals surface area (Å²) in [5, 5.41) is 13.1. The van der Waals surface area contributed by atoms with Gasteiger partial charge < -0.3 is 15.2 Å². The van der Waals surface area contributed by atoms with Gasteiger partial charge >= 0.3 is 0 Å². The van der Waals surface area contributed by atoms with Crippen LogP contribution >= 0.6 is 15.9 Å². The second-order valence-electron chi connectivity index (χ2n) is 3.65. The molecule has 1 aromatic rings.